The molecule has 0 aromatic heterocycles. The molecule has 0 aliphatic rings. The van der Waals surface area contributed by atoms with Crippen molar-refractivity contribution in [2.24, 2.45) is 10.9 Å². The van der Waals surface area contributed by atoms with Crippen LogP contribution in [0.2, 0.25) is 5.02 Å². The van der Waals surface area contributed by atoms with Gasteiger partial charge in [0.05, 0.1) is 12.2 Å². The first-order chi connectivity index (χ1) is 8.69. The number of benzene rings is 1. The summed E-state index contributed by atoms with van der Waals surface area (Å²) < 4.78 is 10.5. The lowest BCUT2D eigenvalue weighted by Gasteiger charge is -2.11. The van der Waals surface area contributed by atoms with E-state index in [0.717, 1.165) is 12.8 Å². The second-order valence-corrected chi connectivity index (χ2v) is 4.11. The molecule has 0 saturated carbocycles. The number of methoxy groups -OCH3 is 1. The van der Waals surface area contributed by atoms with Crippen molar-refractivity contribution in [2.75, 3.05) is 20.3 Å². The number of amidine groups is 1. The lowest BCUT2D eigenvalue weighted by atomic mass is 10.2. The van der Waals surface area contributed by atoms with E-state index in [4.69, 9.17) is 32.0 Å². The molecule has 0 heterocycles. The first-order valence-electron chi connectivity index (χ1n) is 5.58. The number of nitrogens with zero attached hydrogens (tertiary/aromatic N) is 1. The Kier molecular flexibility index (Phi) is 6.32. The molecule has 6 heteroatoms. The van der Waals surface area contributed by atoms with Crippen molar-refractivity contribution in [2.45, 2.75) is 12.8 Å². The van der Waals surface area contributed by atoms with Crippen molar-refractivity contribution in [3.8, 4) is 5.75 Å². The summed E-state index contributed by atoms with van der Waals surface area (Å²) in [6.07, 6.45) is 1.77. The maximum absolute atomic E-state index is 8.68. The quantitative estimate of drug-likeness (QED) is 0.262. The van der Waals surface area contributed by atoms with Gasteiger partial charge in [0.2, 0.25) is 0 Å². The van der Waals surface area contributed by atoms with Gasteiger partial charge in [-0.1, -0.05) is 16.8 Å². The molecule has 0 spiro atoms. The molecule has 1 rings (SSSR count). The van der Waals surface area contributed by atoms with Gasteiger partial charge in [-0.05, 0) is 31.0 Å². The fourth-order valence-electron chi connectivity index (χ4n) is 1.41. The number of hydrogen-bond donors (Lipinski definition) is 2. The van der Waals surface area contributed by atoms with Crippen molar-refractivity contribution in [1.29, 1.82) is 0 Å². The Hall–Kier alpha value is -1.46. The van der Waals surface area contributed by atoms with Crippen LogP contribution in [-0.2, 0) is 4.74 Å². The molecule has 0 unspecified atom stereocenters. The summed E-state index contributed by atoms with van der Waals surface area (Å²) in [4.78, 5) is 0. The first-order valence-corrected chi connectivity index (χ1v) is 5.96. The minimum Gasteiger partial charge on any atom is -0.493 e. The minimum atomic E-state index is -0.00134. The molecule has 5 nitrogen and oxygen atoms in total. The van der Waals surface area contributed by atoms with Crippen molar-refractivity contribution in [3.63, 3.8) is 0 Å². The summed E-state index contributed by atoms with van der Waals surface area (Å²) in [6.45, 7) is 1.22. The number of ether oxygens (including phenoxy) is 2. The average molecular weight is 273 g/mol. The molecule has 0 atom stereocenters. The molecule has 100 valence electrons. The van der Waals surface area contributed by atoms with Crippen LogP contribution >= 0.6 is 11.6 Å². The average Bonchev–Trinajstić information content (AvgIpc) is 2.38. The van der Waals surface area contributed by atoms with Crippen molar-refractivity contribution < 1.29 is 14.7 Å². The fraction of sp³-hybridized carbons (Fsp3) is 0.417. The van der Waals surface area contributed by atoms with Gasteiger partial charge in [0.1, 0.15) is 5.75 Å². The Morgan fingerprint density at radius 3 is 2.78 bits per heavy atom. The summed E-state index contributed by atoms with van der Waals surface area (Å²) in [6, 6.07) is 4.96. The highest BCUT2D eigenvalue weighted by atomic mass is 35.5. The number of nitrogens with two attached hydrogens (primary N) is 1. The smallest absolute Gasteiger partial charge is 0.173 e. The Labute approximate surface area is 111 Å². The minimum absolute atomic E-state index is 0.00134. The third kappa shape index (κ3) is 4.43. The Balaban J connectivity index is 2.65. The zero-order chi connectivity index (χ0) is 13.4. The number of hydrogen-bond acceptors (Lipinski definition) is 4. The van der Waals surface area contributed by atoms with Crippen LogP contribution in [-0.4, -0.2) is 31.4 Å². The topological polar surface area (TPSA) is 77.1 Å². The molecule has 0 bridgehead atoms. The van der Waals surface area contributed by atoms with E-state index >= 15 is 0 Å². The van der Waals surface area contributed by atoms with Crippen LogP contribution in [0.1, 0.15) is 18.4 Å². The van der Waals surface area contributed by atoms with E-state index < -0.39 is 0 Å². The van der Waals surface area contributed by atoms with Crippen LogP contribution < -0.4 is 10.5 Å². The van der Waals surface area contributed by atoms with E-state index in [2.05, 4.69) is 5.16 Å². The van der Waals surface area contributed by atoms with Gasteiger partial charge >= 0.3 is 0 Å². The van der Waals surface area contributed by atoms with Gasteiger partial charge in [-0.15, -0.1) is 0 Å². The third-order valence-electron chi connectivity index (χ3n) is 2.33. The molecular formula is C12H17ClN2O3. The van der Waals surface area contributed by atoms with Gasteiger partial charge in [0.15, 0.2) is 5.84 Å². The van der Waals surface area contributed by atoms with E-state index in [9.17, 15) is 0 Å². The van der Waals surface area contributed by atoms with Gasteiger partial charge in [-0.3, -0.25) is 0 Å². The second-order valence-electron chi connectivity index (χ2n) is 3.67. The highest BCUT2D eigenvalue weighted by Crippen LogP contribution is 2.23. The standard InChI is InChI=1S/C12H17ClN2O3/c1-17-6-2-3-7-18-11-8-9(13)4-5-10(11)12(14)15-16/h4-5,8,16H,2-3,6-7H2,1H3,(H2,14,15). The van der Waals surface area contributed by atoms with Crippen LogP contribution in [0, 0.1) is 0 Å². The summed E-state index contributed by atoms with van der Waals surface area (Å²) in [5.74, 6) is 0.508. The van der Waals surface area contributed by atoms with Crippen LogP contribution in [0.25, 0.3) is 0 Å². The zero-order valence-electron chi connectivity index (χ0n) is 10.2. The molecular weight excluding hydrogens is 256 g/mol. The zero-order valence-corrected chi connectivity index (χ0v) is 11.0. The predicted octanol–water partition coefficient (Wildman–Crippen LogP) is 2.24. The molecule has 0 aliphatic heterocycles. The number of unbranched alkanes of at least 4 members (excludes halogenated alkanes) is 1. The summed E-state index contributed by atoms with van der Waals surface area (Å²) >= 11 is 5.88. The molecule has 18 heavy (non-hydrogen) atoms. The van der Waals surface area contributed by atoms with E-state index in [1.54, 1.807) is 25.3 Å². The van der Waals surface area contributed by atoms with Gasteiger partial charge in [-0.2, -0.15) is 0 Å². The molecule has 1 aromatic rings. The first kappa shape index (κ1) is 14.6. The lowest BCUT2D eigenvalue weighted by molar-refractivity contribution is 0.184. The normalized spacial score (nSPS) is 11.6. The number of halogens is 1. The summed E-state index contributed by atoms with van der Waals surface area (Å²) in [7, 11) is 1.66. The maximum Gasteiger partial charge on any atom is 0.173 e. The highest BCUT2D eigenvalue weighted by Gasteiger charge is 2.09. The molecule has 0 amide bonds. The van der Waals surface area contributed by atoms with Crippen LogP contribution in [0.15, 0.2) is 23.4 Å². The molecule has 0 fully saturated rings. The Morgan fingerprint density at radius 1 is 1.39 bits per heavy atom. The summed E-state index contributed by atoms with van der Waals surface area (Å²) in [5.41, 5.74) is 6.08. The van der Waals surface area contributed by atoms with Gasteiger partial charge < -0.3 is 20.4 Å². The molecule has 0 aliphatic carbocycles. The Morgan fingerprint density at radius 2 is 2.11 bits per heavy atom. The summed E-state index contributed by atoms with van der Waals surface area (Å²) in [5, 5.41) is 12.2. The Bertz CT molecular complexity index is 410. The van der Waals surface area contributed by atoms with Crippen molar-refractivity contribution in [3.05, 3.63) is 28.8 Å². The van der Waals surface area contributed by atoms with Crippen molar-refractivity contribution in [1.82, 2.24) is 0 Å². The molecule has 0 saturated heterocycles. The monoisotopic (exact) mass is 272 g/mol. The lowest BCUT2D eigenvalue weighted by Crippen LogP contribution is -2.15. The number of oxime groups is 1. The van der Waals surface area contributed by atoms with Gasteiger partial charge in [0.25, 0.3) is 0 Å². The van der Waals surface area contributed by atoms with E-state index in [0.29, 0.717) is 29.5 Å². The molecule has 0 radical (unpaired) electrons. The molecule has 3 N–H and O–H groups in total. The fourth-order valence-corrected chi connectivity index (χ4v) is 1.57. The van der Waals surface area contributed by atoms with E-state index in [1.165, 1.54) is 0 Å². The largest absolute Gasteiger partial charge is 0.493 e. The predicted molar refractivity (Wildman–Crippen MR) is 70.6 cm³/mol. The van der Waals surface area contributed by atoms with Crippen LogP contribution in [0.3, 0.4) is 0 Å². The molecule has 1 aromatic carbocycles. The third-order valence-corrected chi connectivity index (χ3v) is 2.56. The highest BCUT2D eigenvalue weighted by molar-refractivity contribution is 6.30. The van der Waals surface area contributed by atoms with Crippen LogP contribution in [0.4, 0.5) is 0 Å². The van der Waals surface area contributed by atoms with Gasteiger partial charge in [-0.25, -0.2) is 0 Å². The number of rotatable bonds is 7. The van der Waals surface area contributed by atoms with Crippen LogP contribution in [0.5, 0.6) is 5.75 Å². The van der Waals surface area contributed by atoms with E-state index in [1.807, 2.05) is 0 Å². The maximum atomic E-state index is 8.68. The SMILES string of the molecule is COCCCCOc1cc(Cl)ccc1/C(N)=N/O. The second kappa shape index (κ2) is 7.79. The van der Waals surface area contributed by atoms with Gasteiger partial charge in [0, 0.05) is 18.7 Å². The van der Waals surface area contributed by atoms with Crippen molar-refractivity contribution >= 4 is 17.4 Å². The van der Waals surface area contributed by atoms with E-state index in [-0.39, 0.29) is 5.84 Å².